The Morgan fingerprint density at radius 3 is 2.52 bits per heavy atom. The van der Waals surface area contributed by atoms with Crippen LogP contribution in [-0.2, 0) is 22.4 Å². The van der Waals surface area contributed by atoms with Crippen LogP contribution in [0, 0.1) is 12.8 Å². The van der Waals surface area contributed by atoms with E-state index in [1.807, 2.05) is 18.4 Å². The standard InChI is InChI=1S/C20H26N4O2S/c1-15-14-27-20(21-15)12-18(25)22-23-19(26)13-24-9-7-17(8-10-24)11-16-5-3-2-4-6-16/h2-6,14,17H,7-13H2,1H3,(H,22,25)(H,23,26)/p+1. The monoisotopic (exact) mass is 387 g/mol. The van der Waals surface area contributed by atoms with Crippen molar-refractivity contribution in [2.45, 2.75) is 32.6 Å². The molecule has 1 saturated heterocycles. The molecular weight excluding hydrogens is 360 g/mol. The fourth-order valence-corrected chi connectivity index (χ4v) is 4.26. The Hall–Kier alpha value is -2.25. The summed E-state index contributed by atoms with van der Waals surface area (Å²) in [5.41, 5.74) is 7.31. The number of nitrogens with zero attached hydrogens (tertiary/aromatic N) is 1. The van der Waals surface area contributed by atoms with Gasteiger partial charge in [0.05, 0.1) is 19.5 Å². The molecule has 2 heterocycles. The van der Waals surface area contributed by atoms with Crippen LogP contribution in [-0.4, -0.2) is 36.4 Å². The smallest absolute Gasteiger partial charge is 0.293 e. The van der Waals surface area contributed by atoms with Crippen molar-refractivity contribution in [3.63, 3.8) is 0 Å². The molecule has 3 N–H and O–H groups in total. The predicted octanol–water partition coefficient (Wildman–Crippen LogP) is 0.679. The zero-order valence-electron chi connectivity index (χ0n) is 15.7. The van der Waals surface area contributed by atoms with Gasteiger partial charge in [0.1, 0.15) is 5.01 Å². The summed E-state index contributed by atoms with van der Waals surface area (Å²) in [6.07, 6.45) is 3.57. The summed E-state index contributed by atoms with van der Waals surface area (Å²) in [7, 11) is 0. The Balaban J connectivity index is 1.32. The number of quaternary nitrogens is 1. The van der Waals surface area contributed by atoms with Gasteiger partial charge in [0, 0.05) is 11.1 Å². The second kappa shape index (κ2) is 9.62. The number of carbonyl (C=O) groups is 2. The highest BCUT2D eigenvalue weighted by atomic mass is 32.1. The lowest BCUT2D eigenvalue weighted by molar-refractivity contribution is -0.898. The van der Waals surface area contributed by atoms with Gasteiger partial charge in [-0.15, -0.1) is 11.3 Å². The molecule has 0 atom stereocenters. The number of likely N-dealkylation sites (tertiary alicyclic amines) is 1. The largest absolute Gasteiger partial charge is 0.327 e. The summed E-state index contributed by atoms with van der Waals surface area (Å²) in [6.45, 7) is 4.29. The SMILES string of the molecule is Cc1csc(CC(=O)NNC(=O)C[NH+]2CCC(Cc3ccccc3)CC2)n1. The molecule has 7 heteroatoms. The van der Waals surface area contributed by atoms with Gasteiger partial charge < -0.3 is 4.90 Å². The van der Waals surface area contributed by atoms with Crippen LogP contribution in [0.2, 0.25) is 0 Å². The number of benzene rings is 1. The maximum absolute atomic E-state index is 12.1. The van der Waals surface area contributed by atoms with Gasteiger partial charge in [0.2, 0.25) is 5.91 Å². The van der Waals surface area contributed by atoms with Crippen LogP contribution >= 0.6 is 11.3 Å². The van der Waals surface area contributed by atoms with Crippen molar-refractivity contribution in [2.24, 2.45) is 5.92 Å². The summed E-state index contributed by atoms with van der Waals surface area (Å²) >= 11 is 1.45. The molecule has 1 aliphatic rings. The van der Waals surface area contributed by atoms with Crippen molar-refractivity contribution in [1.29, 1.82) is 0 Å². The van der Waals surface area contributed by atoms with Crippen molar-refractivity contribution in [3.8, 4) is 0 Å². The van der Waals surface area contributed by atoms with Gasteiger partial charge in [-0.1, -0.05) is 30.3 Å². The van der Waals surface area contributed by atoms with E-state index in [9.17, 15) is 9.59 Å². The molecule has 1 aromatic heterocycles. The first kappa shape index (κ1) is 19.5. The number of thiazole rings is 1. The van der Waals surface area contributed by atoms with E-state index in [1.165, 1.54) is 21.8 Å². The minimum absolute atomic E-state index is 0.143. The maximum atomic E-state index is 12.1. The van der Waals surface area contributed by atoms with Crippen molar-refractivity contribution in [2.75, 3.05) is 19.6 Å². The molecule has 0 saturated carbocycles. The highest BCUT2D eigenvalue weighted by Gasteiger charge is 2.24. The zero-order valence-corrected chi connectivity index (χ0v) is 16.5. The molecule has 3 rings (SSSR count). The number of amides is 2. The summed E-state index contributed by atoms with van der Waals surface area (Å²) in [6, 6.07) is 10.6. The number of hydrogen-bond donors (Lipinski definition) is 3. The Morgan fingerprint density at radius 1 is 1.15 bits per heavy atom. The molecule has 27 heavy (non-hydrogen) atoms. The van der Waals surface area contributed by atoms with Gasteiger partial charge in [0.25, 0.3) is 5.91 Å². The normalized spacial score (nSPS) is 19.4. The van der Waals surface area contributed by atoms with Crippen LogP contribution in [0.4, 0.5) is 0 Å². The highest BCUT2D eigenvalue weighted by molar-refractivity contribution is 7.09. The first-order valence-corrected chi connectivity index (χ1v) is 10.3. The van der Waals surface area contributed by atoms with Gasteiger partial charge in [0.15, 0.2) is 6.54 Å². The average molecular weight is 388 g/mol. The number of hydrogen-bond acceptors (Lipinski definition) is 4. The van der Waals surface area contributed by atoms with Gasteiger partial charge >= 0.3 is 0 Å². The van der Waals surface area contributed by atoms with E-state index in [1.54, 1.807) is 0 Å². The number of aryl methyl sites for hydroxylation is 1. The Bertz CT molecular complexity index is 754. The molecule has 1 aromatic carbocycles. The van der Waals surface area contributed by atoms with Crippen LogP contribution in [0.5, 0.6) is 0 Å². The van der Waals surface area contributed by atoms with Crippen molar-refractivity contribution in [1.82, 2.24) is 15.8 Å². The number of carbonyl (C=O) groups excluding carboxylic acids is 2. The number of rotatable bonds is 6. The van der Waals surface area contributed by atoms with Crippen LogP contribution in [0.15, 0.2) is 35.7 Å². The number of nitrogens with one attached hydrogen (secondary N) is 3. The molecule has 1 aliphatic heterocycles. The van der Waals surface area contributed by atoms with Gasteiger partial charge in [-0.2, -0.15) is 0 Å². The summed E-state index contributed by atoms with van der Waals surface area (Å²) in [4.78, 5) is 29.5. The Morgan fingerprint density at radius 2 is 1.85 bits per heavy atom. The van der Waals surface area contributed by atoms with Crippen molar-refractivity contribution < 1.29 is 14.5 Å². The highest BCUT2D eigenvalue weighted by Crippen LogP contribution is 2.16. The van der Waals surface area contributed by atoms with Gasteiger partial charge in [-0.05, 0) is 37.7 Å². The fraction of sp³-hybridized carbons (Fsp3) is 0.450. The third-order valence-electron chi connectivity index (χ3n) is 4.91. The van der Waals surface area contributed by atoms with Crippen LogP contribution < -0.4 is 15.8 Å². The molecule has 1 fully saturated rings. The minimum Gasteiger partial charge on any atom is -0.327 e. The molecule has 2 aromatic rings. The quantitative estimate of drug-likeness (QED) is 0.638. The lowest BCUT2D eigenvalue weighted by Gasteiger charge is -2.28. The van der Waals surface area contributed by atoms with Crippen LogP contribution in [0.3, 0.4) is 0 Å². The second-order valence-electron chi connectivity index (χ2n) is 7.22. The van der Waals surface area contributed by atoms with E-state index in [-0.39, 0.29) is 18.2 Å². The molecular formula is C20H27N4O2S+. The Labute approximate surface area is 164 Å². The van der Waals surface area contributed by atoms with E-state index >= 15 is 0 Å². The van der Waals surface area contributed by atoms with E-state index in [0.717, 1.165) is 43.1 Å². The van der Waals surface area contributed by atoms with Gasteiger partial charge in [-0.3, -0.25) is 20.4 Å². The topological polar surface area (TPSA) is 75.5 Å². The van der Waals surface area contributed by atoms with E-state index in [0.29, 0.717) is 12.5 Å². The first-order valence-electron chi connectivity index (χ1n) is 9.44. The maximum Gasteiger partial charge on any atom is 0.293 e. The third-order valence-corrected chi connectivity index (χ3v) is 5.88. The molecule has 0 spiro atoms. The zero-order chi connectivity index (χ0) is 19.1. The molecule has 0 radical (unpaired) electrons. The predicted molar refractivity (Wildman–Crippen MR) is 105 cm³/mol. The summed E-state index contributed by atoms with van der Waals surface area (Å²) in [5, 5.41) is 2.66. The Kier molecular flexibility index (Phi) is 6.95. The lowest BCUT2D eigenvalue weighted by Crippen LogP contribution is -3.14. The molecule has 2 amide bonds. The minimum atomic E-state index is -0.241. The van der Waals surface area contributed by atoms with Crippen LogP contribution in [0.25, 0.3) is 0 Å². The van der Waals surface area contributed by atoms with Crippen LogP contribution in [0.1, 0.15) is 29.1 Å². The summed E-state index contributed by atoms with van der Waals surface area (Å²) in [5.74, 6) is 0.310. The molecule has 0 aliphatic carbocycles. The summed E-state index contributed by atoms with van der Waals surface area (Å²) < 4.78 is 0. The van der Waals surface area contributed by atoms with E-state index in [4.69, 9.17) is 0 Å². The van der Waals surface area contributed by atoms with Gasteiger partial charge in [-0.25, -0.2) is 4.98 Å². The number of piperidine rings is 1. The second-order valence-corrected chi connectivity index (χ2v) is 8.16. The molecule has 144 valence electrons. The fourth-order valence-electron chi connectivity index (χ4n) is 3.49. The molecule has 0 bridgehead atoms. The number of aromatic nitrogens is 1. The number of hydrazine groups is 1. The first-order chi connectivity index (χ1) is 13.1. The third kappa shape index (κ3) is 6.45. The van der Waals surface area contributed by atoms with Crippen molar-refractivity contribution in [3.05, 3.63) is 52.0 Å². The lowest BCUT2D eigenvalue weighted by atomic mass is 9.90. The molecule has 6 nitrogen and oxygen atoms in total. The van der Waals surface area contributed by atoms with E-state index < -0.39 is 0 Å². The van der Waals surface area contributed by atoms with Crippen molar-refractivity contribution >= 4 is 23.2 Å². The van der Waals surface area contributed by atoms with E-state index in [2.05, 4.69) is 40.1 Å². The molecule has 0 unspecified atom stereocenters. The average Bonchev–Trinajstić information content (AvgIpc) is 3.07.